The minimum absolute atomic E-state index is 0.0716. The maximum Gasteiger partial charge on any atom is 0.198 e. The number of ether oxygens (including phenoxy) is 2. The first-order chi connectivity index (χ1) is 17.0. The van der Waals surface area contributed by atoms with Crippen LogP contribution in [0.25, 0.3) is 11.0 Å². The number of H-pyrrole nitrogens is 1. The molecular formula is C26H23F2N3O4. The van der Waals surface area contributed by atoms with Crippen molar-refractivity contribution >= 4 is 22.5 Å². The molecule has 3 heterocycles. The van der Waals surface area contributed by atoms with Crippen molar-refractivity contribution in [3.8, 4) is 11.5 Å². The van der Waals surface area contributed by atoms with Crippen LogP contribution in [0.15, 0.2) is 60.9 Å². The van der Waals surface area contributed by atoms with Gasteiger partial charge >= 0.3 is 0 Å². The lowest BCUT2D eigenvalue weighted by molar-refractivity contribution is -0.0223. The van der Waals surface area contributed by atoms with E-state index >= 15 is 0 Å². The van der Waals surface area contributed by atoms with Crippen LogP contribution in [0.4, 0.5) is 14.5 Å². The third kappa shape index (κ3) is 4.73. The number of carbonyl (C=O) groups is 1. The van der Waals surface area contributed by atoms with E-state index in [1.807, 2.05) is 6.07 Å². The molecule has 3 N–H and O–H groups in total. The van der Waals surface area contributed by atoms with Gasteiger partial charge in [0.1, 0.15) is 23.0 Å². The average Bonchev–Trinajstić information content (AvgIpc) is 3.31. The fraction of sp³-hybridized carbons (Fsp3) is 0.231. The van der Waals surface area contributed by atoms with E-state index in [1.165, 1.54) is 18.3 Å². The van der Waals surface area contributed by atoms with E-state index in [0.717, 1.165) is 12.3 Å². The maximum atomic E-state index is 15.0. The van der Waals surface area contributed by atoms with Crippen LogP contribution in [0.5, 0.6) is 11.5 Å². The number of aliphatic hydroxyl groups is 1. The van der Waals surface area contributed by atoms with Crippen molar-refractivity contribution in [2.75, 3.05) is 18.5 Å². The van der Waals surface area contributed by atoms with Gasteiger partial charge in [-0.3, -0.25) is 4.79 Å². The third-order valence-corrected chi connectivity index (χ3v) is 5.99. The number of hydrogen-bond acceptors (Lipinski definition) is 6. The highest BCUT2D eigenvalue weighted by Crippen LogP contribution is 2.32. The lowest BCUT2D eigenvalue weighted by atomic mass is 10.0. The molecule has 0 unspecified atom stereocenters. The summed E-state index contributed by atoms with van der Waals surface area (Å²) in [4.78, 5) is 20.2. The highest BCUT2D eigenvalue weighted by molar-refractivity contribution is 6.18. The van der Waals surface area contributed by atoms with E-state index in [2.05, 4.69) is 15.3 Å². The minimum Gasteiger partial charge on any atom is -0.457 e. The van der Waals surface area contributed by atoms with E-state index in [4.69, 9.17) is 9.47 Å². The molecule has 5 rings (SSSR count). The van der Waals surface area contributed by atoms with E-state index in [-0.39, 0.29) is 53.3 Å². The second kappa shape index (κ2) is 9.81. The summed E-state index contributed by atoms with van der Waals surface area (Å²) in [5.74, 6) is -1.22. The molecule has 35 heavy (non-hydrogen) atoms. The number of fused-ring (bicyclic) bond motifs is 1. The number of carbonyl (C=O) groups excluding carboxylic acids is 1. The molecule has 0 radical (unpaired) electrons. The van der Waals surface area contributed by atoms with Crippen molar-refractivity contribution in [3.63, 3.8) is 0 Å². The predicted molar refractivity (Wildman–Crippen MR) is 126 cm³/mol. The molecule has 1 aliphatic rings. The number of pyridine rings is 1. The lowest BCUT2D eigenvalue weighted by Gasteiger charge is -2.29. The van der Waals surface area contributed by atoms with Crippen molar-refractivity contribution in [2.24, 2.45) is 0 Å². The number of halogens is 2. The molecule has 9 heteroatoms. The number of aliphatic hydroxyl groups excluding tert-OH is 1. The van der Waals surface area contributed by atoms with Gasteiger partial charge in [-0.25, -0.2) is 13.8 Å². The molecule has 0 spiro atoms. The Morgan fingerprint density at radius 3 is 2.66 bits per heavy atom. The summed E-state index contributed by atoms with van der Waals surface area (Å²) in [6, 6.07) is 12.7. The Bertz CT molecular complexity index is 1350. The van der Waals surface area contributed by atoms with Crippen molar-refractivity contribution in [2.45, 2.75) is 25.0 Å². The number of aromatic nitrogens is 2. The van der Waals surface area contributed by atoms with E-state index in [1.54, 1.807) is 24.3 Å². The first kappa shape index (κ1) is 22.9. The molecule has 1 saturated heterocycles. The van der Waals surface area contributed by atoms with Crippen LogP contribution in [0, 0.1) is 11.6 Å². The quantitative estimate of drug-likeness (QED) is 0.329. The van der Waals surface area contributed by atoms with Crippen LogP contribution in [-0.2, 0) is 4.74 Å². The predicted octanol–water partition coefficient (Wildman–Crippen LogP) is 4.82. The first-order valence-electron chi connectivity index (χ1n) is 11.2. The zero-order valence-electron chi connectivity index (χ0n) is 18.6. The molecular weight excluding hydrogens is 456 g/mol. The fourth-order valence-corrected chi connectivity index (χ4v) is 4.17. The van der Waals surface area contributed by atoms with Crippen LogP contribution in [0.3, 0.4) is 0 Å². The number of nitrogens with zero attached hydrogens (tertiary/aromatic N) is 1. The standard InChI is InChI=1S/C26H23F2N3O4/c27-21-10-17(35-16-4-2-1-3-5-16)8-9-19(21)25(33)20-11-29-26-23(20)24(22(28)12-30-26)31-15-6-7-18(13-32)34-14-15/h1-5,8-12,15,18,32H,6-7,13-14H2,(H2,29,30,31)/t15-,18+/m1/s1. The summed E-state index contributed by atoms with van der Waals surface area (Å²) in [7, 11) is 0. The average molecular weight is 479 g/mol. The SMILES string of the molecule is O=C(c1ccc(Oc2ccccc2)cc1F)c1c[nH]c2ncc(F)c(N[C@@H]3CC[C@@H](CO)OC3)c12. The van der Waals surface area contributed by atoms with Crippen molar-refractivity contribution in [1.82, 2.24) is 9.97 Å². The molecule has 1 aliphatic heterocycles. The molecule has 4 aromatic rings. The summed E-state index contributed by atoms with van der Waals surface area (Å²) in [6.07, 6.45) is 3.49. The monoisotopic (exact) mass is 479 g/mol. The number of rotatable bonds is 7. The zero-order valence-corrected chi connectivity index (χ0v) is 18.6. The van der Waals surface area contributed by atoms with Crippen molar-refractivity contribution in [1.29, 1.82) is 0 Å². The molecule has 2 aromatic carbocycles. The van der Waals surface area contributed by atoms with Gasteiger partial charge in [0, 0.05) is 18.3 Å². The van der Waals surface area contributed by atoms with Gasteiger partial charge in [-0.2, -0.15) is 0 Å². The maximum absolute atomic E-state index is 15.0. The van der Waals surface area contributed by atoms with Gasteiger partial charge in [0.25, 0.3) is 0 Å². The summed E-state index contributed by atoms with van der Waals surface area (Å²) < 4.78 is 41.0. The summed E-state index contributed by atoms with van der Waals surface area (Å²) in [5.41, 5.74) is 0.315. The van der Waals surface area contributed by atoms with Gasteiger partial charge in [0.05, 0.1) is 47.7 Å². The number of nitrogens with one attached hydrogen (secondary N) is 2. The smallest absolute Gasteiger partial charge is 0.198 e. The van der Waals surface area contributed by atoms with E-state index in [0.29, 0.717) is 24.2 Å². The second-order valence-corrected chi connectivity index (χ2v) is 8.35. The lowest BCUT2D eigenvalue weighted by Crippen LogP contribution is -2.36. The van der Waals surface area contributed by atoms with Gasteiger partial charge in [-0.15, -0.1) is 0 Å². The van der Waals surface area contributed by atoms with Crippen LogP contribution in [-0.4, -0.2) is 46.2 Å². The number of anilines is 1. The Morgan fingerprint density at radius 2 is 1.94 bits per heavy atom. The number of ketones is 1. The summed E-state index contributed by atoms with van der Waals surface area (Å²) in [6.45, 7) is 0.206. The van der Waals surface area contributed by atoms with E-state index in [9.17, 15) is 18.7 Å². The van der Waals surface area contributed by atoms with Crippen LogP contribution >= 0.6 is 0 Å². The number of benzene rings is 2. The minimum atomic E-state index is -0.757. The van der Waals surface area contributed by atoms with Crippen LogP contribution in [0.2, 0.25) is 0 Å². The van der Waals surface area contributed by atoms with Crippen molar-refractivity contribution < 1.29 is 28.2 Å². The van der Waals surface area contributed by atoms with Gasteiger partial charge in [0.15, 0.2) is 11.6 Å². The van der Waals surface area contributed by atoms with Crippen LogP contribution in [0.1, 0.15) is 28.8 Å². The van der Waals surface area contributed by atoms with Crippen molar-refractivity contribution in [3.05, 3.63) is 83.7 Å². The van der Waals surface area contributed by atoms with Gasteiger partial charge < -0.3 is 24.9 Å². The largest absolute Gasteiger partial charge is 0.457 e. The molecule has 0 saturated carbocycles. The number of aromatic amines is 1. The number of para-hydroxylation sites is 1. The summed E-state index contributed by atoms with van der Waals surface area (Å²) in [5, 5.41) is 12.6. The van der Waals surface area contributed by atoms with E-state index < -0.39 is 17.4 Å². The molecule has 1 fully saturated rings. The molecule has 180 valence electrons. The Labute approximate surface area is 199 Å². The molecule has 7 nitrogen and oxygen atoms in total. The fourth-order valence-electron chi connectivity index (χ4n) is 4.17. The Hall–Kier alpha value is -3.82. The normalized spacial score (nSPS) is 17.9. The molecule has 2 atom stereocenters. The van der Waals surface area contributed by atoms with Crippen LogP contribution < -0.4 is 10.1 Å². The molecule has 0 amide bonds. The second-order valence-electron chi connectivity index (χ2n) is 8.35. The topological polar surface area (TPSA) is 96.5 Å². The zero-order chi connectivity index (χ0) is 24.4. The Morgan fingerprint density at radius 1 is 1.11 bits per heavy atom. The Balaban J connectivity index is 1.44. The molecule has 0 bridgehead atoms. The number of hydrogen-bond donors (Lipinski definition) is 3. The highest BCUT2D eigenvalue weighted by atomic mass is 19.1. The third-order valence-electron chi connectivity index (χ3n) is 5.99. The summed E-state index contributed by atoms with van der Waals surface area (Å²) >= 11 is 0. The first-order valence-corrected chi connectivity index (χ1v) is 11.2. The highest BCUT2D eigenvalue weighted by Gasteiger charge is 2.26. The van der Waals surface area contributed by atoms with Gasteiger partial charge in [-0.1, -0.05) is 18.2 Å². The molecule has 0 aliphatic carbocycles. The Kier molecular flexibility index (Phi) is 6.43. The van der Waals surface area contributed by atoms with Gasteiger partial charge in [-0.05, 0) is 37.1 Å². The van der Waals surface area contributed by atoms with Gasteiger partial charge in [0.2, 0.25) is 0 Å². The molecule has 2 aromatic heterocycles.